The molecule has 0 fully saturated rings. The molecule has 0 aliphatic carbocycles. The number of urea groups is 1. The van der Waals surface area contributed by atoms with Gasteiger partial charge in [-0.15, -0.1) is 10.2 Å². The Morgan fingerprint density at radius 2 is 0.766 bits per heavy atom. The number of fused-ring (bicyclic) bond motifs is 2. The van der Waals surface area contributed by atoms with Gasteiger partial charge in [0.2, 0.25) is 0 Å². The molecule has 2 amide bonds. The standard InChI is InChI=1S/C37H32N6O17S4/c1-17-5-27(33(59-3)15-25(17)40-42-29-11-21(61(47,48)49)7-19-9-23(63(53,54)55)13-31(44)35(19)29)38-37(46)39-28-6-18(2)26(16-34(28)60-4)41-43-30-12-22(62(50,51)52)8-20-10-24(64(56,57)58)14-32(45)36(20)30/h5-16,44-45H,1-4H3,(H2,38,39,46)(H,47,48,49)(H,50,51,52)(H,53,54,55)(H,56,57,58). The molecular formula is C37H32N6O17S4. The highest BCUT2D eigenvalue weighted by molar-refractivity contribution is 7.86. The second-order valence-corrected chi connectivity index (χ2v) is 19.2. The number of rotatable bonds is 12. The number of carbonyl (C=O) groups is 1. The molecule has 64 heavy (non-hydrogen) atoms. The number of azo groups is 2. The zero-order valence-electron chi connectivity index (χ0n) is 33.0. The number of nitrogens with zero attached hydrogens (tertiary/aromatic N) is 4. The summed E-state index contributed by atoms with van der Waals surface area (Å²) in [7, 11) is -16.9. The van der Waals surface area contributed by atoms with Crippen molar-refractivity contribution in [1.29, 1.82) is 0 Å². The molecule has 6 aromatic rings. The number of nitrogens with one attached hydrogen (secondary N) is 2. The van der Waals surface area contributed by atoms with Gasteiger partial charge in [-0.05, 0) is 84.3 Å². The van der Waals surface area contributed by atoms with Crippen LogP contribution in [0, 0.1) is 13.8 Å². The minimum Gasteiger partial charge on any atom is -0.507 e. The fourth-order valence-corrected chi connectivity index (χ4v) is 8.33. The zero-order valence-corrected chi connectivity index (χ0v) is 36.3. The molecular weight excluding hydrogens is 929 g/mol. The first kappa shape index (κ1) is 46.6. The van der Waals surface area contributed by atoms with E-state index < -0.39 is 77.6 Å². The third-order valence-corrected chi connectivity index (χ3v) is 12.5. The van der Waals surface area contributed by atoms with Crippen molar-refractivity contribution in [3.05, 3.63) is 83.9 Å². The molecule has 0 unspecified atom stereocenters. The molecule has 6 aromatic carbocycles. The third-order valence-electron chi connectivity index (χ3n) is 9.16. The molecule has 8 N–H and O–H groups in total. The normalized spacial score (nSPS) is 12.6. The first-order valence-electron chi connectivity index (χ1n) is 17.5. The number of methoxy groups -OCH3 is 2. The van der Waals surface area contributed by atoms with Gasteiger partial charge < -0.3 is 30.3 Å². The molecule has 0 spiro atoms. The van der Waals surface area contributed by atoms with E-state index in [1.807, 2.05) is 0 Å². The van der Waals surface area contributed by atoms with Crippen molar-refractivity contribution in [3.63, 3.8) is 0 Å². The first-order chi connectivity index (χ1) is 29.7. The SMILES string of the molecule is COc1cc(N=Nc2cc(S(=O)(=O)O)cc3cc(S(=O)(=O)O)cc(O)c23)c(C)cc1NC(=O)Nc1cc(C)c(N=Nc2cc(S(=O)(=O)O)cc3cc(S(=O)(=O)O)cc(O)c23)cc1OC. The number of ether oxygens (including phenoxy) is 2. The number of benzene rings is 6. The lowest BCUT2D eigenvalue weighted by molar-refractivity contribution is 0.262. The van der Waals surface area contributed by atoms with E-state index in [0.717, 1.165) is 36.4 Å². The van der Waals surface area contributed by atoms with Crippen molar-refractivity contribution < 1.29 is 76.4 Å². The van der Waals surface area contributed by atoms with E-state index >= 15 is 0 Å². The molecule has 6 rings (SSSR count). The Morgan fingerprint density at radius 1 is 0.469 bits per heavy atom. The van der Waals surface area contributed by atoms with Crippen molar-refractivity contribution in [2.24, 2.45) is 20.5 Å². The number of aryl methyl sites for hydroxylation is 2. The second kappa shape index (κ2) is 17.0. The van der Waals surface area contributed by atoms with Crippen LogP contribution in [0.3, 0.4) is 0 Å². The van der Waals surface area contributed by atoms with Gasteiger partial charge in [-0.2, -0.15) is 43.9 Å². The highest BCUT2D eigenvalue weighted by Crippen LogP contribution is 2.42. The molecule has 336 valence electrons. The predicted octanol–water partition coefficient (Wildman–Crippen LogP) is 7.50. The quantitative estimate of drug-likeness (QED) is 0.0434. The molecule has 0 bridgehead atoms. The van der Waals surface area contributed by atoms with Crippen LogP contribution in [0.15, 0.2) is 113 Å². The Bertz CT molecular complexity index is 3250. The van der Waals surface area contributed by atoms with Gasteiger partial charge in [0, 0.05) is 24.3 Å². The van der Waals surface area contributed by atoms with E-state index in [2.05, 4.69) is 31.1 Å². The summed E-state index contributed by atoms with van der Waals surface area (Å²) in [4.78, 5) is 10.3. The topological polar surface area (TPSA) is 367 Å². The van der Waals surface area contributed by atoms with Crippen molar-refractivity contribution in [1.82, 2.24) is 0 Å². The van der Waals surface area contributed by atoms with Gasteiger partial charge >= 0.3 is 6.03 Å². The van der Waals surface area contributed by atoms with Crippen LogP contribution in [0.5, 0.6) is 23.0 Å². The minimum absolute atomic E-state index is 0.0524. The maximum absolute atomic E-state index is 13.3. The van der Waals surface area contributed by atoms with Gasteiger partial charge in [-0.1, -0.05) is 0 Å². The summed E-state index contributed by atoms with van der Waals surface area (Å²) in [5.74, 6) is -1.33. The fraction of sp³-hybridized carbons (Fsp3) is 0.108. The number of hydrogen-bond donors (Lipinski definition) is 8. The summed E-state index contributed by atoms with van der Waals surface area (Å²) in [6.07, 6.45) is 0. The predicted molar refractivity (Wildman–Crippen MR) is 227 cm³/mol. The number of amides is 2. The highest BCUT2D eigenvalue weighted by atomic mass is 32.2. The molecule has 0 aromatic heterocycles. The van der Waals surface area contributed by atoms with E-state index in [4.69, 9.17) is 9.47 Å². The Balaban J connectivity index is 1.28. The van der Waals surface area contributed by atoms with Crippen molar-refractivity contribution >= 4 is 102 Å². The fourth-order valence-electron chi connectivity index (χ4n) is 6.18. The monoisotopic (exact) mass is 960 g/mol. The molecule has 23 nitrogen and oxygen atoms in total. The van der Waals surface area contributed by atoms with E-state index in [1.165, 1.54) is 38.5 Å². The number of aromatic hydroxyl groups is 2. The summed E-state index contributed by atoms with van der Waals surface area (Å²) in [6, 6.07) is 11.4. The Morgan fingerprint density at radius 3 is 1.06 bits per heavy atom. The number of hydrogen-bond acceptors (Lipinski definition) is 17. The van der Waals surface area contributed by atoms with Crippen LogP contribution in [-0.4, -0.2) is 82.3 Å². The average molecular weight is 961 g/mol. The van der Waals surface area contributed by atoms with Gasteiger partial charge in [0.15, 0.2) is 0 Å². The maximum Gasteiger partial charge on any atom is 0.323 e. The van der Waals surface area contributed by atoms with Gasteiger partial charge in [0.05, 0.1) is 78.7 Å². The van der Waals surface area contributed by atoms with Gasteiger partial charge in [0.1, 0.15) is 23.0 Å². The lowest BCUT2D eigenvalue weighted by Gasteiger charge is -2.15. The average Bonchev–Trinajstić information content (AvgIpc) is 3.18. The zero-order chi connectivity index (χ0) is 47.3. The second-order valence-electron chi connectivity index (χ2n) is 13.5. The van der Waals surface area contributed by atoms with Gasteiger partial charge in [0.25, 0.3) is 40.5 Å². The van der Waals surface area contributed by atoms with Crippen LogP contribution in [-0.2, 0) is 40.5 Å². The van der Waals surface area contributed by atoms with E-state index in [0.29, 0.717) is 23.3 Å². The molecule has 0 aliphatic heterocycles. The molecule has 0 saturated carbocycles. The van der Waals surface area contributed by atoms with E-state index in [9.17, 15) is 66.9 Å². The smallest absolute Gasteiger partial charge is 0.323 e. The highest BCUT2D eigenvalue weighted by Gasteiger charge is 2.22. The van der Waals surface area contributed by atoms with E-state index in [-0.39, 0.29) is 67.2 Å². The number of phenols is 2. The minimum atomic E-state index is -4.89. The van der Waals surface area contributed by atoms with Crippen molar-refractivity contribution in [3.8, 4) is 23.0 Å². The lowest BCUT2D eigenvalue weighted by Crippen LogP contribution is -2.20. The summed E-state index contributed by atoms with van der Waals surface area (Å²) in [5.41, 5.74) is 0.571. The third kappa shape index (κ3) is 10.0. The molecule has 0 radical (unpaired) electrons. The van der Waals surface area contributed by atoms with Gasteiger partial charge in [-0.3, -0.25) is 18.2 Å². The number of carbonyl (C=O) groups excluding carboxylic acids is 1. The molecule has 0 heterocycles. The van der Waals surface area contributed by atoms with Crippen molar-refractivity contribution in [2.45, 2.75) is 33.4 Å². The number of phenolic OH excluding ortho intramolecular Hbond substituents is 2. The Kier molecular flexibility index (Phi) is 12.4. The van der Waals surface area contributed by atoms with Crippen LogP contribution in [0.4, 0.5) is 38.9 Å². The van der Waals surface area contributed by atoms with E-state index in [1.54, 1.807) is 13.8 Å². The van der Waals surface area contributed by atoms with Crippen molar-refractivity contribution in [2.75, 3.05) is 24.9 Å². The summed E-state index contributed by atoms with van der Waals surface area (Å²) < 4.78 is 144. The van der Waals surface area contributed by atoms with Crippen LogP contribution >= 0.6 is 0 Å². The molecule has 27 heteroatoms. The summed E-state index contributed by atoms with van der Waals surface area (Å²) in [6.45, 7) is 3.14. The van der Waals surface area contributed by atoms with Gasteiger partial charge in [-0.25, -0.2) is 4.79 Å². The van der Waals surface area contributed by atoms with Crippen LogP contribution in [0.2, 0.25) is 0 Å². The Hall–Kier alpha value is -6.85. The van der Waals surface area contributed by atoms with Crippen LogP contribution in [0.1, 0.15) is 11.1 Å². The largest absolute Gasteiger partial charge is 0.507 e. The van der Waals surface area contributed by atoms with Crippen LogP contribution < -0.4 is 20.1 Å². The lowest BCUT2D eigenvalue weighted by atomic mass is 10.1. The molecule has 0 saturated heterocycles. The number of anilines is 2. The van der Waals surface area contributed by atoms with Crippen LogP contribution in [0.25, 0.3) is 21.5 Å². The first-order valence-corrected chi connectivity index (χ1v) is 23.2. The summed E-state index contributed by atoms with van der Waals surface area (Å²) >= 11 is 0. The molecule has 0 aliphatic rings. The summed E-state index contributed by atoms with van der Waals surface area (Å²) in [5, 5.41) is 42.1. The molecule has 0 atom stereocenters. The Labute approximate surface area is 362 Å². The maximum atomic E-state index is 13.3.